The lowest BCUT2D eigenvalue weighted by Gasteiger charge is -2.16. The van der Waals surface area contributed by atoms with Crippen LogP contribution in [0, 0.1) is 0 Å². The van der Waals surface area contributed by atoms with Crippen LogP contribution in [0.3, 0.4) is 0 Å². The minimum atomic E-state index is -0.0906. The van der Waals surface area contributed by atoms with Gasteiger partial charge in [-0.15, -0.1) is 0 Å². The highest BCUT2D eigenvalue weighted by Gasteiger charge is 2.13. The van der Waals surface area contributed by atoms with E-state index in [1.165, 1.54) is 5.56 Å². The third kappa shape index (κ3) is 5.00. The molecule has 0 fully saturated rings. The molecule has 0 saturated heterocycles. The number of benzene rings is 2. The monoisotopic (exact) mass is 329 g/mol. The highest BCUT2D eigenvalue weighted by Crippen LogP contribution is 2.26. The van der Waals surface area contributed by atoms with E-state index in [0.717, 1.165) is 29.0 Å². The standard InChI is InChI=1S/C19H24ClN3/c1-3-13(2)15-6-8-16(9-7-15)18(23-19(21)22)12-14-4-10-17(20)11-5-14/h4-11,13,18H,3,12H2,1-2H3,(H4,21,22,23). The molecular weight excluding hydrogens is 306 g/mol. The van der Waals surface area contributed by atoms with E-state index in [0.29, 0.717) is 5.92 Å². The van der Waals surface area contributed by atoms with Gasteiger partial charge in [0, 0.05) is 5.02 Å². The van der Waals surface area contributed by atoms with Crippen molar-refractivity contribution in [3.8, 4) is 0 Å². The van der Waals surface area contributed by atoms with Crippen LogP contribution in [0.5, 0.6) is 0 Å². The van der Waals surface area contributed by atoms with Gasteiger partial charge in [-0.05, 0) is 47.6 Å². The van der Waals surface area contributed by atoms with Gasteiger partial charge in [0.2, 0.25) is 0 Å². The average molecular weight is 330 g/mol. The number of hydrogen-bond acceptors (Lipinski definition) is 1. The van der Waals surface area contributed by atoms with Gasteiger partial charge >= 0.3 is 0 Å². The van der Waals surface area contributed by atoms with Gasteiger partial charge in [-0.2, -0.15) is 0 Å². The Balaban J connectivity index is 2.24. The summed E-state index contributed by atoms with van der Waals surface area (Å²) in [6, 6.07) is 16.3. The fourth-order valence-electron chi connectivity index (χ4n) is 2.54. The highest BCUT2D eigenvalue weighted by molar-refractivity contribution is 6.30. The Kier molecular flexibility index (Phi) is 6.05. The lowest BCUT2D eigenvalue weighted by Crippen LogP contribution is -2.24. The maximum atomic E-state index is 5.94. The van der Waals surface area contributed by atoms with Crippen LogP contribution >= 0.6 is 11.6 Å². The first kappa shape index (κ1) is 17.4. The zero-order chi connectivity index (χ0) is 16.8. The van der Waals surface area contributed by atoms with Crippen LogP contribution in [0.25, 0.3) is 0 Å². The second-order valence-electron chi connectivity index (χ2n) is 5.88. The zero-order valence-corrected chi connectivity index (χ0v) is 14.4. The molecule has 2 rings (SSSR count). The lowest BCUT2D eigenvalue weighted by molar-refractivity contribution is 0.712. The van der Waals surface area contributed by atoms with Crippen molar-refractivity contribution < 1.29 is 0 Å². The van der Waals surface area contributed by atoms with E-state index in [4.69, 9.17) is 23.1 Å². The van der Waals surface area contributed by atoms with Crippen LogP contribution in [0.2, 0.25) is 5.02 Å². The summed E-state index contributed by atoms with van der Waals surface area (Å²) >= 11 is 5.94. The minimum absolute atomic E-state index is 0.0906. The largest absolute Gasteiger partial charge is 0.370 e. The molecule has 0 heterocycles. The molecule has 2 atom stereocenters. The quantitative estimate of drug-likeness (QED) is 0.609. The van der Waals surface area contributed by atoms with Gasteiger partial charge in [0.15, 0.2) is 5.96 Å². The summed E-state index contributed by atoms with van der Waals surface area (Å²) < 4.78 is 0. The first-order chi connectivity index (χ1) is 11.0. The molecule has 0 amide bonds. The maximum absolute atomic E-state index is 5.94. The summed E-state index contributed by atoms with van der Waals surface area (Å²) in [5, 5.41) is 0.727. The van der Waals surface area contributed by atoms with Crippen molar-refractivity contribution in [3.05, 3.63) is 70.2 Å². The number of hydrogen-bond donors (Lipinski definition) is 2. The van der Waals surface area contributed by atoms with Gasteiger partial charge in [0.1, 0.15) is 0 Å². The summed E-state index contributed by atoms with van der Waals surface area (Å²) in [5.74, 6) is 0.664. The van der Waals surface area contributed by atoms with Crippen molar-refractivity contribution in [2.45, 2.75) is 38.6 Å². The van der Waals surface area contributed by atoms with Gasteiger partial charge in [0.05, 0.1) is 6.04 Å². The van der Waals surface area contributed by atoms with E-state index in [2.05, 4.69) is 43.1 Å². The summed E-state index contributed by atoms with van der Waals surface area (Å²) in [6.45, 7) is 4.43. The van der Waals surface area contributed by atoms with Gasteiger partial charge < -0.3 is 11.5 Å². The molecule has 0 bridgehead atoms. The molecule has 0 aromatic heterocycles. The van der Waals surface area contributed by atoms with Crippen LogP contribution in [-0.2, 0) is 6.42 Å². The Labute approximate surface area is 143 Å². The van der Waals surface area contributed by atoms with Crippen LogP contribution < -0.4 is 11.5 Å². The zero-order valence-electron chi connectivity index (χ0n) is 13.7. The molecule has 0 spiro atoms. The smallest absolute Gasteiger partial charge is 0.186 e. The Morgan fingerprint density at radius 3 is 2.09 bits per heavy atom. The first-order valence-electron chi connectivity index (χ1n) is 7.92. The number of aliphatic imine (C=N–C) groups is 1. The molecule has 3 nitrogen and oxygen atoms in total. The second-order valence-corrected chi connectivity index (χ2v) is 6.31. The Hall–Kier alpha value is -2.00. The third-order valence-electron chi connectivity index (χ3n) is 4.15. The molecule has 4 heteroatoms. The topological polar surface area (TPSA) is 64.4 Å². The van der Waals surface area contributed by atoms with Crippen LogP contribution in [0.1, 0.15) is 48.9 Å². The van der Waals surface area contributed by atoms with Gasteiger partial charge in [-0.25, -0.2) is 4.99 Å². The van der Waals surface area contributed by atoms with E-state index in [1.54, 1.807) is 0 Å². The summed E-state index contributed by atoms with van der Waals surface area (Å²) in [6.07, 6.45) is 1.86. The van der Waals surface area contributed by atoms with E-state index in [9.17, 15) is 0 Å². The number of nitrogens with two attached hydrogens (primary N) is 2. The van der Waals surface area contributed by atoms with Crippen LogP contribution in [-0.4, -0.2) is 5.96 Å². The van der Waals surface area contributed by atoms with Gasteiger partial charge in [-0.1, -0.05) is 61.8 Å². The number of nitrogens with zero attached hydrogens (tertiary/aromatic N) is 1. The van der Waals surface area contributed by atoms with Crippen molar-refractivity contribution >= 4 is 17.6 Å². The minimum Gasteiger partial charge on any atom is -0.370 e. The molecule has 2 unspecified atom stereocenters. The Bertz CT molecular complexity index is 643. The fourth-order valence-corrected chi connectivity index (χ4v) is 2.67. The molecular formula is C19H24ClN3. The van der Waals surface area contributed by atoms with Crippen LogP contribution in [0.4, 0.5) is 0 Å². The van der Waals surface area contributed by atoms with Crippen LogP contribution in [0.15, 0.2) is 53.5 Å². The molecule has 2 aromatic rings. The maximum Gasteiger partial charge on any atom is 0.186 e. The summed E-state index contributed by atoms with van der Waals surface area (Å²) in [5.41, 5.74) is 14.8. The predicted molar refractivity (Wildman–Crippen MR) is 98.9 cm³/mol. The van der Waals surface area contributed by atoms with Gasteiger partial charge in [-0.3, -0.25) is 0 Å². The fraction of sp³-hybridized carbons (Fsp3) is 0.316. The summed E-state index contributed by atoms with van der Waals surface area (Å²) in [7, 11) is 0. The second kappa shape index (κ2) is 8.02. The SMILES string of the molecule is CCC(C)c1ccc(C(Cc2ccc(Cl)cc2)N=C(N)N)cc1. The Morgan fingerprint density at radius 2 is 1.57 bits per heavy atom. The van der Waals surface area contributed by atoms with Crippen molar-refractivity contribution in [1.82, 2.24) is 0 Å². The van der Waals surface area contributed by atoms with E-state index in [1.807, 2.05) is 24.3 Å². The van der Waals surface area contributed by atoms with Crippen molar-refractivity contribution in [2.75, 3.05) is 0 Å². The molecule has 2 aromatic carbocycles. The van der Waals surface area contributed by atoms with Crippen molar-refractivity contribution in [2.24, 2.45) is 16.5 Å². The molecule has 0 saturated carbocycles. The van der Waals surface area contributed by atoms with Crippen molar-refractivity contribution in [1.29, 1.82) is 0 Å². The molecule has 0 aliphatic rings. The number of rotatable bonds is 6. The summed E-state index contributed by atoms with van der Waals surface area (Å²) in [4.78, 5) is 4.40. The normalized spacial score (nSPS) is 13.3. The average Bonchev–Trinajstić information content (AvgIpc) is 2.55. The number of halogens is 1. The molecule has 122 valence electrons. The van der Waals surface area contributed by atoms with E-state index in [-0.39, 0.29) is 12.0 Å². The highest BCUT2D eigenvalue weighted by atomic mass is 35.5. The molecule has 0 aliphatic carbocycles. The Morgan fingerprint density at radius 1 is 1.00 bits per heavy atom. The third-order valence-corrected chi connectivity index (χ3v) is 4.40. The molecule has 4 N–H and O–H groups in total. The van der Waals surface area contributed by atoms with E-state index < -0.39 is 0 Å². The molecule has 0 radical (unpaired) electrons. The number of guanidine groups is 1. The van der Waals surface area contributed by atoms with E-state index >= 15 is 0 Å². The molecule has 23 heavy (non-hydrogen) atoms. The molecule has 0 aliphatic heterocycles. The predicted octanol–water partition coefficient (Wildman–Crippen LogP) is 4.41. The van der Waals surface area contributed by atoms with Gasteiger partial charge in [0.25, 0.3) is 0 Å². The first-order valence-corrected chi connectivity index (χ1v) is 8.30. The lowest BCUT2D eigenvalue weighted by atomic mass is 9.94. The van der Waals surface area contributed by atoms with Crippen molar-refractivity contribution in [3.63, 3.8) is 0 Å².